The largest absolute Gasteiger partial charge is 0.375 e. The lowest BCUT2D eigenvalue weighted by molar-refractivity contribution is -0.118. The summed E-state index contributed by atoms with van der Waals surface area (Å²) in [4.78, 5) is 18.6. The highest BCUT2D eigenvalue weighted by atomic mass is 32.2. The highest BCUT2D eigenvalue weighted by Crippen LogP contribution is 2.40. The lowest BCUT2D eigenvalue weighted by Gasteiger charge is -2.19. The van der Waals surface area contributed by atoms with E-state index < -0.39 is 0 Å². The molecule has 1 amide bonds. The molecule has 8 heteroatoms. The van der Waals surface area contributed by atoms with E-state index >= 15 is 0 Å². The molecule has 156 valence electrons. The fourth-order valence-corrected chi connectivity index (χ4v) is 4.11. The maximum Gasteiger partial charge on any atom is 0.230 e. The average Bonchev–Trinajstić information content (AvgIpc) is 3.55. The van der Waals surface area contributed by atoms with Gasteiger partial charge in [0.2, 0.25) is 5.91 Å². The minimum atomic E-state index is 0.0261. The molecule has 1 fully saturated rings. The minimum Gasteiger partial charge on any atom is -0.375 e. The summed E-state index contributed by atoms with van der Waals surface area (Å²) in [6.45, 7) is 1.55. The van der Waals surface area contributed by atoms with E-state index in [-0.39, 0.29) is 5.91 Å². The summed E-state index contributed by atoms with van der Waals surface area (Å²) in [7, 11) is 2.07. The van der Waals surface area contributed by atoms with Crippen LogP contribution in [0.4, 0.5) is 5.69 Å². The molecule has 0 bridgehead atoms. The molecule has 1 aromatic carbocycles. The van der Waals surface area contributed by atoms with Crippen LogP contribution < -0.4 is 10.2 Å². The van der Waals surface area contributed by atoms with Crippen LogP contribution in [0.25, 0.3) is 11.4 Å². The molecule has 0 radical (unpaired) electrons. The molecule has 0 unspecified atom stereocenters. The van der Waals surface area contributed by atoms with Gasteiger partial charge in [0.1, 0.15) is 0 Å². The summed E-state index contributed by atoms with van der Waals surface area (Å²) in [6.07, 6.45) is 6.68. The van der Waals surface area contributed by atoms with Crippen molar-refractivity contribution < 1.29 is 4.79 Å². The number of carbonyl (C=O) groups is 1. The Morgan fingerprint density at radius 2 is 1.93 bits per heavy atom. The topological polar surface area (TPSA) is 75.9 Å². The van der Waals surface area contributed by atoms with Gasteiger partial charge in [-0.1, -0.05) is 30.0 Å². The number of para-hydroxylation sites is 1. The molecular formula is C22H26N6OS. The average molecular weight is 423 g/mol. The number of rotatable bonds is 10. The summed E-state index contributed by atoms with van der Waals surface area (Å²) >= 11 is 1.45. The van der Waals surface area contributed by atoms with Crippen LogP contribution in [0.2, 0.25) is 0 Å². The SMILES string of the molecule is CN(CCCNC(=O)CSc1nnc(-c2ccncc2)n1C1CC1)c1ccccc1. The molecule has 4 rings (SSSR count). The zero-order valence-corrected chi connectivity index (χ0v) is 17.9. The van der Waals surface area contributed by atoms with Crippen LogP contribution in [0.1, 0.15) is 25.3 Å². The van der Waals surface area contributed by atoms with Gasteiger partial charge < -0.3 is 10.2 Å². The zero-order chi connectivity index (χ0) is 20.8. The molecule has 1 N–H and O–H groups in total. The number of thioether (sulfide) groups is 1. The summed E-state index contributed by atoms with van der Waals surface area (Å²) < 4.78 is 2.17. The number of hydrogen-bond donors (Lipinski definition) is 1. The van der Waals surface area contributed by atoms with E-state index in [0.29, 0.717) is 18.3 Å². The number of pyridine rings is 1. The number of aromatic nitrogens is 4. The molecule has 1 aliphatic carbocycles. The Bertz CT molecular complexity index is 958. The number of benzene rings is 1. The first-order valence-electron chi connectivity index (χ1n) is 10.2. The van der Waals surface area contributed by atoms with Crippen molar-refractivity contribution in [2.24, 2.45) is 0 Å². The van der Waals surface area contributed by atoms with Gasteiger partial charge in [0, 0.05) is 49.8 Å². The van der Waals surface area contributed by atoms with Gasteiger partial charge in [0.25, 0.3) is 0 Å². The Morgan fingerprint density at radius 1 is 1.17 bits per heavy atom. The van der Waals surface area contributed by atoms with E-state index in [1.807, 2.05) is 30.3 Å². The van der Waals surface area contributed by atoms with Crippen LogP contribution in [0, 0.1) is 0 Å². The van der Waals surface area contributed by atoms with Crippen LogP contribution in [-0.4, -0.2) is 51.5 Å². The molecule has 0 atom stereocenters. The Morgan fingerprint density at radius 3 is 2.67 bits per heavy atom. The van der Waals surface area contributed by atoms with Gasteiger partial charge in [0.15, 0.2) is 11.0 Å². The Balaban J connectivity index is 1.25. The number of nitrogens with zero attached hydrogens (tertiary/aromatic N) is 5. The van der Waals surface area contributed by atoms with Crippen molar-refractivity contribution in [2.45, 2.75) is 30.5 Å². The number of nitrogens with one attached hydrogen (secondary N) is 1. The van der Waals surface area contributed by atoms with Crippen LogP contribution >= 0.6 is 11.8 Å². The number of hydrogen-bond acceptors (Lipinski definition) is 6. The van der Waals surface area contributed by atoms with Crippen LogP contribution in [-0.2, 0) is 4.79 Å². The third kappa shape index (κ3) is 5.18. The third-order valence-corrected chi connectivity index (χ3v) is 5.98. The second kappa shape index (κ2) is 9.75. The van der Waals surface area contributed by atoms with Crippen molar-refractivity contribution in [3.63, 3.8) is 0 Å². The van der Waals surface area contributed by atoms with E-state index in [0.717, 1.165) is 42.4 Å². The summed E-state index contributed by atoms with van der Waals surface area (Å²) in [6, 6.07) is 14.6. The predicted octanol–water partition coefficient (Wildman–Crippen LogP) is 3.41. The monoisotopic (exact) mass is 422 g/mol. The van der Waals surface area contributed by atoms with E-state index in [9.17, 15) is 4.79 Å². The summed E-state index contributed by atoms with van der Waals surface area (Å²) in [5.74, 6) is 1.22. The standard InChI is InChI=1S/C22H26N6OS/c1-27(18-6-3-2-4-7-18)15-5-12-24-20(29)16-30-22-26-25-21(28(22)19-8-9-19)17-10-13-23-14-11-17/h2-4,6-7,10-11,13-14,19H,5,8-9,12,15-16H2,1H3,(H,24,29). The Hall–Kier alpha value is -2.87. The molecule has 0 spiro atoms. The predicted molar refractivity (Wildman–Crippen MR) is 120 cm³/mol. The molecule has 3 aromatic rings. The molecule has 0 saturated heterocycles. The zero-order valence-electron chi connectivity index (χ0n) is 17.1. The first-order valence-corrected chi connectivity index (χ1v) is 11.2. The quantitative estimate of drug-likeness (QED) is 0.399. The van der Waals surface area contributed by atoms with Gasteiger partial charge in [-0.15, -0.1) is 10.2 Å². The van der Waals surface area contributed by atoms with Gasteiger partial charge in [-0.05, 0) is 43.5 Å². The van der Waals surface area contributed by atoms with Crippen molar-refractivity contribution in [3.8, 4) is 11.4 Å². The van der Waals surface area contributed by atoms with Crippen molar-refractivity contribution >= 4 is 23.4 Å². The lowest BCUT2D eigenvalue weighted by atomic mass is 10.2. The van der Waals surface area contributed by atoms with Crippen LogP contribution in [0.3, 0.4) is 0 Å². The molecule has 7 nitrogen and oxygen atoms in total. The molecular weight excluding hydrogens is 396 g/mol. The first-order chi connectivity index (χ1) is 14.7. The number of carbonyl (C=O) groups excluding carboxylic acids is 1. The minimum absolute atomic E-state index is 0.0261. The van der Waals surface area contributed by atoms with E-state index in [2.05, 4.69) is 49.1 Å². The highest BCUT2D eigenvalue weighted by molar-refractivity contribution is 7.99. The number of amides is 1. The molecule has 30 heavy (non-hydrogen) atoms. The fourth-order valence-electron chi connectivity index (χ4n) is 3.27. The number of anilines is 1. The highest BCUT2D eigenvalue weighted by Gasteiger charge is 2.30. The van der Waals surface area contributed by atoms with Crippen molar-refractivity contribution in [2.75, 3.05) is 30.8 Å². The summed E-state index contributed by atoms with van der Waals surface area (Å²) in [5.41, 5.74) is 2.19. The van der Waals surface area contributed by atoms with Crippen molar-refractivity contribution in [1.82, 2.24) is 25.1 Å². The van der Waals surface area contributed by atoms with Crippen LogP contribution in [0.5, 0.6) is 0 Å². The maximum absolute atomic E-state index is 12.3. The Labute approximate surface area is 180 Å². The lowest BCUT2D eigenvalue weighted by Crippen LogP contribution is -2.29. The normalized spacial score (nSPS) is 13.2. The first kappa shape index (κ1) is 20.4. The van der Waals surface area contributed by atoms with E-state index in [1.165, 1.54) is 17.4 Å². The van der Waals surface area contributed by atoms with Gasteiger partial charge in [0.05, 0.1) is 5.75 Å². The van der Waals surface area contributed by atoms with Gasteiger partial charge in [-0.3, -0.25) is 14.3 Å². The molecule has 2 heterocycles. The maximum atomic E-state index is 12.3. The second-order valence-corrected chi connectivity index (χ2v) is 8.34. The van der Waals surface area contributed by atoms with Crippen molar-refractivity contribution in [1.29, 1.82) is 0 Å². The summed E-state index contributed by atoms with van der Waals surface area (Å²) in [5, 5.41) is 12.5. The van der Waals surface area contributed by atoms with Gasteiger partial charge in [-0.25, -0.2) is 0 Å². The smallest absolute Gasteiger partial charge is 0.230 e. The molecule has 2 aromatic heterocycles. The van der Waals surface area contributed by atoms with E-state index in [4.69, 9.17) is 0 Å². The van der Waals surface area contributed by atoms with Gasteiger partial charge in [-0.2, -0.15) is 0 Å². The third-order valence-electron chi connectivity index (χ3n) is 5.04. The fraction of sp³-hybridized carbons (Fsp3) is 0.364. The van der Waals surface area contributed by atoms with Gasteiger partial charge >= 0.3 is 0 Å². The molecule has 1 aliphatic rings. The molecule has 0 aliphatic heterocycles. The van der Waals surface area contributed by atoms with Crippen molar-refractivity contribution in [3.05, 3.63) is 54.9 Å². The Kier molecular flexibility index (Phi) is 6.63. The van der Waals surface area contributed by atoms with E-state index in [1.54, 1.807) is 12.4 Å². The van der Waals surface area contributed by atoms with Crippen LogP contribution in [0.15, 0.2) is 60.0 Å². The second-order valence-electron chi connectivity index (χ2n) is 7.39. The molecule has 1 saturated carbocycles.